The first-order valence-corrected chi connectivity index (χ1v) is 15.1. The molecule has 2 aromatic heterocycles. The summed E-state index contributed by atoms with van der Waals surface area (Å²) in [6.45, 7) is 5.68. The van der Waals surface area contributed by atoms with Crippen LogP contribution in [0.2, 0.25) is 0 Å². The number of ether oxygens (including phenoxy) is 2. The zero-order chi connectivity index (χ0) is 30.2. The fourth-order valence-corrected chi connectivity index (χ4v) is 7.73. The summed E-state index contributed by atoms with van der Waals surface area (Å²) < 4.78 is 72.2. The quantitative estimate of drug-likeness (QED) is 0.325. The van der Waals surface area contributed by atoms with Crippen molar-refractivity contribution in [3.63, 3.8) is 0 Å². The van der Waals surface area contributed by atoms with Crippen LogP contribution in [-0.2, 0) is 4.74 Å². The molecule has 4 aliphatic heterocycles. The van der Waals surface area contributed by atoms with Crippen LogP contribution in [0, 0.1) is 17.5 Å². The van der Waals surface area contributed by atoms with Crippen LogP contribution in [0.5, 0.6) is 6.01 Å². The van der Waals surface area contributed by atoms with Gasteiger partial charge in [0.05, 0.1) is 29.7 Å². The zero-order valence-electron chi connectivity index (χ0n) is 24.3. The number of fused-ring (bicyclic) bond motifs is 3. The summed E-state index contributed by atoms with van der Waals surface area (Å²) in [6, 6.07) is 7.37. The first-order chi connectivity index (χ1) is 21.2. The molecular weight excluding hydrogens is 576 g/mol. The van der Waals surface area contributed by atoms with Crippen molar-refractivity contribution in [2.24, 2.45) is 0 Å². The highest BCUT2D eigenvalue weighted by atomic mass is 19.2. The molecule has 12 heteroatoms. The Kier molecular flexibility index (Phi) is 6.48. The molecule has 4 aliphatic rings. The summed E-state index contributed by atoms with van der Waals surface area (Å²) in [7, 11) is 0. The van der Waals surface area contributed by atoms with Crippen molar-refractivity contribution >= 4 is 27.5 Å². The number of halogens is 4. The fourth-order valence-electron chi connectivity index (χ4n) is 7.73. The lowest BCUT2D eigenvalue weighted by molar-refractivity contribution is -0.0803. The van der Waals surface area contributed by atoms with Crippen molar-refractivity contribution in [3.05, 3.63) is 54.0 Å². The Balaban J connectivity index is 1.26. The van der Waals surface area contributed by atoms with Gasteiger partial charge in [0.15, 0.2) is 17.5 Å². The first-order valence-electron chi connectivity index (χ1n) is 15.1. The SMILES string of the molecule is C[C@@H]1CN(c2nc(OC[C@@]34CCCN3C[C@H](F)C4)nc3c(F)c(-c4cccc5ccc(F)c(F)c45)ncc23)CC2(COC2)N1. The molecule has 1 N–H and O–H groups in total. The number of alkyl halides is 1. The van der Waals surface area contributed by atoms with Crippen molar-refractivity contribution < 1.29 is 27.0 Å². The number of piperazine rings is 1. The van der Waals surface area contributed by atoms with E-state index in [9.17, 15) is 8.78 Å². The van der Waals surface area contributed by atoms with Gasteiger partial charge in [0.1, 0.15) is 29.8 Å². The molecule has 4 saturated heterocycles. The lowest BCUT2D eigenvalue weighted by Crippen LogP contribution is -2.73. The van der Waals surface area contributed by atoms with E-state index < -0.39 is 29.2 Å². The maximum atomic E-state index is 16.6. The minimum atomic E-state index is -1.07. The second kappa shape index (κ2) is 10.2. The molecule has 4 fully saturated rings. The van der Waals surface area contributed by atoms with E-state index in [-0.39, 0.29) is 46.4 Å². The largest absolute Gasteiger partial charge is 0.461 e. The van der Waals surface area contributed by atoms with Crippen molar-refractivity contribution in [1.29, 1.82) is 0 Å². The lowest BCUT2D eigenvalue weighted by Gasteiger charge is -2.51. The van der Waals surface area contributed by atoms with Gasteiger partial charge >= 0.3 is 6.01 Å². The molecule has 0 bridgehead atoms. The molecular formula is C32H32F4N6O2. The van der Waals surface area contributed by atoms with Gasteiger partial charge in [0.25, 0.3) is 0 Å². The zero-order valence-corrected chi connectivity index (χ0v) is 24.3. The Morgan fingerprint density at radius 3 is 2.77 bits per heavy atom. The molecule has 2 aromatic carbocycles. The minimum Gasteiger partial charge on any atom is -0.461 e. The molecule has 0 saturated carbocycles. The van der Waals surface area contributed by atoms with E-state index in [1.165, 1.54) is 18.3 Å². The molecule has 3 atom stereocenters. The van der Waals surface area contributed by atoms with Crippen LogP contribution < -0.4 is 15.0 Å². The maximum Gasteiger partial charge on any atom is 0.319 e. The predicted octanol–water partition coefficient (Wildman–Crippen LogP) is 4.78. The van der Waals surface area contributed by atoms with E-state index in [4.69, 9.17) is 14.5 Å². The maximum absolute atomic E-state index is 16.6. The second-order valence-electron chi connectivity index (χ2n) is 12.8. The molecule has 6 heterocycles. The summed E-state index contributed by atoms with van der Waals surface area (Å²) in [4.78, 5) is 17.9. The van der Waals surface area contributed by atoms with Crippen LogP contribution in [0.1, 0.15) is 26.2 Å². The van der Waals surface area contributed by atoms with Crippen LogP contribution >= 0.6 is 0 Å². The van der Waals surface area contributed by atoms with Crippen LogP contribution in [0.4, 0.5) is 23.4 Å². The Morgan fingerprint density at radius 1 is 1.09 bits per heavy atom. The van der Waals surface area contributed by atoms with Gasteiger partial charge in [0.2, 0.25) is 0 Å². The molecule has 0 amide bonds. The van der Waals surface area contributed by atoms with Gasteiger partial charge in [-0.25, -0.2) is 17.6 Å². The summed E-state index contributed by atoms with van der Waals surface area (Å²) in [5.41, 5.74) is -0.776. The van der Waals surface area contributed by atoms with Crippen LogP contribution in [0.3, 0.4) is 0 Å². The summed E-state index contributed by atoms with van der Waals surface area (Å²) in [6.07, 6.45) is 2.69. The third-order valence-corrected chi connectivity index (χ3v) is 9.66. The Hall–Kier alpha value is -3.61. The number of pyridine rings is 1. The molecule has 0 unspecified atom stereocenters. The number of benzene rings is 2. The molecule has 1 spiro atoms. The van der Waals surface area contributed by atoms with E-state index in [0.717, 1.165) is 25.5 Å². The number of nitrogens with zero attached hydrogens (tertiary/aromatic N) is 5. The Bertz CT molecular complexity index is 1790. The number of aromatic nitrogens is 3. The smallest absolute Gasteiger partial charge is 0.319 e. The number of hydrogen-bond donors (Lipinski definition) is 1. The standard InChI is InChI=1S/C32H32F4N6O2/c1-18-12-41(14-31(40-18)15-43-16-31)29-22-11-37-27(21-5-2-4-19-6-7-23(34)25(35)24(19)21)26(36)28(22)38-30(39-29)44-17-32-8-3-9-42(32)13-20(33)10-32/h2,4-7,11,18,20,40H,3,8-10,12-17H2,1H3/t18-,20-,32+/m1/s1. The van der Waals surface area contributed by atoms with Crippen molar-refractivity contribution in [2.45, 2.75) is 49.5 Å². The van der Waals surface area contributed by atoms with E-state index in [0.29, 0.717) is 55.9 Å². The van der Waals surface area contributed by atoms with E-state index in [2.05, 4.69) is 32.0 Å². The fraction of sp³-hybridized carbons (Fsp3) is 0.469. The van der Waals surface area contributed by atoms with Crippen molar-refractivity contribution in [2.75, 3.05) is 50.9 Å². The van der Waals surface area contributed by atoms with E-state index in [1.54, 1.807) is 12.1 Å². The minimum absolute atomic E-state index is 0.0210. The second-order valence-corrected chi connectivity index (χ2v) is 12.8. The lowest BCUT2D eigenvalue weighted by atomic mass is 9.92. The van der Waals surface area contributed by atoms with Gasteiger partial charge in [-0.3, -0.25) is 9.88 Å². The van der Waals surface area contributed by atoms with Crippen LogP contribution in [0.25, 0.3) is 32.9 Å². The van der Waals surface area contributed by atoms with Gasteiger partial charge in [-0.1, -0.05) is 24.3 Å². The molecule has 230 valence electrons. The summed E-state index contributed by atoms with van der Waals surface area (Å²) in [5.74, 6) is -2.43. The Labute approximate surface area is 251 Å². The third-order valence-electron chi connectivity index (χ3n) is 9.66. The number of nitrogens with one attached hydrogen (secondary N) is 1. The van der Waals surface area contributed by atoms with Crippen molar-refractivity contribution in [1.82, 2.24) is 25.2 Å². The third kappa shape index (κ3) is 4.40. The normalized spacial score (nSPS) is 26.4. The summed E-state index contributed by atoms with van der Waals surface area (Å²) >= 11 is 0. The monoisotopic (exact) mass is 608 g/mol. The topological polar surface area (TPSA) is 75.6 Å². The highest BCUT2D eigenvalue weighted by Crippen LogP contribution is 2.41. The highest BCUT2D eigenvalue weighted by Gasteiger charge is 2.49. The number of hydrogen-bond acceptors (Lipinski definition) is 8. The number of anilines is 1. The Morgan fingerprint density at radius 2 is 1.95 bits per heavy atom. The van der Waals surface area contributed by atoms with Gasteiger partial charge in [-0.2, -0.15) is 9.97 Å². The molecule has 0 aliphatic carbocycles. The predicted molar refractivity (Wildman–Crippen MR) is 157 cm³/mol. The average Bonchev–Trinajstić information content (AvgIpc) is 3.52. The molecule has 0 radical (unpaired) electrons. The molecule has 44 heavy (non-hydrogen) atoms. The summed E-state index contributed by atoms with van der Waals surface area (Å²) in [5, 5.41) is 4.35. The molecule has 8 nitrogen and oxygen atoms in total. The number of rotatable bonds is 5. The van der Waals surface area contributed by atoms with Crippen molar-refractivity contribution in [3.8, 4) is 17.3 Å². The van der Waals surface area contributed by atoms with Crippen LogP contribution in [-0.4, -0.2) is 89.1 Å². The molecule has 4 aromatic rings. The van der Waals surface area contributed by atoms with Gasteiger partial charge in [-0.05, 0) is 37.8 Å². The first kappa shape index (κ1) is 27.9. The van der Waals surface area contributed by atoms with Crippen LogP contribution in [0.15, 0.2) is 36.5 Å². The van der Waals surface area contributed by atoms with E-state index >= 15 is 8.78 Å². The van der Waals surface area contributed by atoms with Gasteiger partial charge < -0.3 is 19.7 Å². The molecule has 8 rings (SSSR count). The van der Waals surface area contributed by atoms with E-state index in [1.807, 2.05) is 0 Å². The van der Waals surface area contributed by atoms with Gasteiger partial charge in [-0.15, -0.1) is 0 Å². The highest BCUT2D eigenvalue weighted by molar-refractivity contribution is 5.99. The average molecular weight is 609 g/mol. The van der Waals surface area contributed by atoms with Gasteiger partial charge in [0, 0.05) is 49.2 Å².